The van der Waals surface area contributed by atoms with Crippen LogP contribution >= 0.6 is 0 Å². The fourth-order valence-corrected chi connectivity index (χ4v) is 4.63. The number of cyclic esters (lactones) is 1. The van der Waals surface area contributed by atoms with Crippen molar-refractivity contribution in [2.24, 2.45) is 0 Å². The van der Waals surface area contributed by atoms with Gasteiger partial charge >= 0.3 is 6.09 Å². The van der Waals surface area contributed by atoms with Crippen molar-refractivity contribution >= 4 is 22.0 Å². The van der Waals surface area contributed by atoms with E-state index in [4.69, 9.17) is 4.74 Å². The molecule has 7 nitrogen and oxygen atoms in total. The zero-order chi connectivity index (χ0) is 21.8. The molecule has 1 heterocycles. The third-order valence-corrected chi connectivity index (χ3v) is 6.43. The van der Waals surface area contributed by atoms with Crippen LogP contribution in [-0.2, 0) is 19.6 Å². The van der Waals surface area contributed by atoms with Gasteiger partial charge in [-0.2, -0.15) is 0 Å². The Kier molecular flexibility index (Phi) is 5.83. The molecule has 158 valence electrons. The average Bonchev–Trinajstić information content (AvgIpc) is 3.12. The van der Waals surface area contributed by atoms with E-state index < -0.39 is 28.1 Å². The van der Waals surface area contributed by atoms with Gasteiger partial charge in [0, 0.05) is 0 Å². The maximum absolute atomic E-state index is 13.2. The number of hydrogen-bond acceptors (Lipinski definition) is 5. The minimum Gasteiger partial charge on any atom is -0.439 e. The second-order valence-electron chi connectivity index (χ2n) is 7.04. The lowest BCUT2D eigenvalue weighted by Gasteiger charge is -2.23. The summed E-state index contributed by atoms with van der Waals surface area (Å²) in [5.41, 5.74) is 2.28. The molecule has 1 aliphatic rings. The smallest absolute Gasteiger partial charge is 0.417 e. The summed E-state index contributed by atoms with van der Waals surface area (Å²) in [7, 11) is -3.95. The van der Waals surface area contributed by atoms with Crippen LogP contribution in [0.3, 0.4) is 0 Å². The Hall–Kier alpha value is -3.49. The van der Waals surface area contributed by atoms with Crippen molar-refractivity contribution in [1.82, 2.24) is 9.62 Å². The molecule has 0 bridgehead atoms. The second-order valence-corrected chi connectivity index (χ2v) is 8.75. The number of imide groups is 1. The Labute approximate surface area is 180 Å². The molecule has 3 aromatic carbocycles. The van der Waals surface area contributed by atoms with E-state index in [9.17, 15) is 18.0 Å². The first-order valence-electron chi connectivity index (χ1n) is 9.64. The molecule has 8 heteroatoms. The number of carbonyl (C=O) groups excluding carboxylic acids is 2. The highest BCUT2D eigenvalue weighted by atomic mass is 32.2. The summed E-state index contributed by atoms with van der Waals surface area (Å²) in [6, 6.07) is 24.0. The Morgan fingerprint density at radius 1 is 0.871 bits per heavy atom. The Balaban J connectivity index is 1.64. The minimum atomic E-state index is -3.95. The van der Waals surface area contributed by atoms with Gasteiger partial charge in [-0.25, -0.2) is 22.8 Å². The quantitative estimate of drug-likeness (QED) is 0.613. The van der Waals surface area contributed by atoms with Gasteiger partial charge < -0.3 is 4.74 Å². The first-order valence-corrected chi connectivity index (χ1v) is 11.1. The minimum absolute atomic E-state index is 0.0881. The van der Waals surface area contributed by atoms with Gasteiger partial charge in [0.2, 0.25) is 10.0 Å². The fraction of sp³-hybridized carbons (Fsp3) is 0.130. The zero-order valence-electron chi connectivity index (χ0n) is 16.5. The number of nitrogens with one attached hydrogen (secondary N) is 1. The van der Waals surface area contributed by atoms with Crippen LogP contribution in [0.5, 0.6) is 0 Å². The predicted octanol–water partition coefficient (Wildman–Crippen LogP) is 3.35. The van der Waals surface area contributed by atoms with Crippen LogP contribution in [0.25, 0.3) is 11.1 Å². The number of hydrogen-bond donors (Lipinski definition) is 1. The summed E-state index contributed by atoms with van der Waals surface area (Å²) in [4.78, 5) is 24.9. The monoisotopic (exact) mass is 436 g/mol. The van der Waals surface area contributed by atoms with Gasteiger partial charge in [-0.1, -0.05) is 72.8 Å². The Morgan fingerprint density at radius 3 is 2.16 bits per heavy atom. The molecule has 2 amide bonds. The lowest BCUT2D eigenvalue weighted by molar-refractivity contribution is -0.126. The van der Waals surface area contributed by atoms with Crippen molar-refractivity contribution < 1.29 is 22.7 Å². The van der Waals surface area contributed by atoms with E-state index in [0.717, 1.165) is 16.0 Å². The zero-order valence-corrected chi connectivity index (χ0v) is 17.3. The van der Waals surface area contributed by atoms with Gasteiger partial charge in [-0.15, -0.1) is 0 Å². The van der Waals surface area contributed by atoms with Gasteiger partial charge in [0.1, 0.15) is 0 Å². The molecule has 1 fully saturated rings. The van der Waals surface area contributed by atoms with Gasteiger partial charge in [0.25, 0.3) is 5.91 Å². The van der Waals surface area contributed by atoms with Gasteiger partial charge in [-0.05, 0) is 28.8 Å². The maximum Gasteiger partial charge on any atom is 0.417 e. The Morgan fingerprint density at radius 2 is 1.52 bits per heavy atom. The molecule has 0 radical (unpaired) electrons. The first kappa shape index (κ1) is 20.8. The molecule has 1 aliphatic heterocycles. The molecule has 0 spiro atoms. The van der Waals surface area contributed by atoms with Gasteiger partial charge in [0.05, 0.1) is 17.5 Å². The van der Waals surface area contributed by atoms with E-state index in [1.54, 1.807) is 42.5 Å². The number of rotatable bonds is 7. The molecule has 4 rings (SSSR count). The molecular formula is C23H20N2O5S. The van der Waals surface area contributed by atoms with Crippen molar-refractivity contribution in [1.29, 1.82) is 0 Å². The molecular weight excluding hydrogens is 416 g/mol. The van der Waals surface area contributed by atoms with Crippen LogP contribution in [0.4, 0.5) is 4.79 Å². The number of ether oxygens (including phenoxy) is 1. The van der Waals surface area contributed by atoms with Crippen molar-refractivity contribution in [2.75, 3.05) is 13.2 Å². The van der Waals surface area contributed by atoms with Gasteiger partial charge in [0.15, 0.2) is 6.61 Å². The predicted molar refractivity (Wildman–Crippen MR) is 114 cm³/mol. The highest BCUT2D eigenvalue weighted by molar-refractivity contribution is 7.89. The normalized spacial score (nSPS) is 15.0. The Bertz CT molecular complexity index is 1180. The van der Waals surface area contributed by atoms with Crippen LogP contribution in [0, 0.1) is 0 Å². The fourth-order valence-electron chi connectivity index (χ4n) is 3.36. The molecule has 31 heavy (non-hydrogen) atoms. The largest absolute Gasteiger partial charge is 0.439 e. The summed E-state index contributed by atoms with van der Waals surface area (Å²) >= 11 is 0. The van der Waals surface area contributed by atoms with Crippen molar-refractivity contribution in [2.45, 2.75) is 10.9 Å². The van der Waals surface area contributed by atoms with Gasteiger partial charge in [-0.3, -0.25) is 4.79 Å². The van der Waals surface area contributed by atoms with Crippen LogP contribution in [0.1, 0.15) is 11.6 Å². The third kappa shape index (κ3) is 4.65. The summed E-state index contributed by atoms with van der Waals surface area (Å²) in [6.45, 7) is -0.508. The highest BCUT2D eigenvalue weighted by Gasteiger charge is 2.34. The molecule has 0 aromatic heterocycles. The first-order chi connectivity index (χ1) is 14.9. The van der Waals surface area contributed by atoms with Crippen molar-refractivity contribution in [3.8, 4) is 11.1 Å². The molecule has 1 atom stereocenters. The SMILES string of the molecule is O=C1COC(=O)N1CC(NS(=O)(=O)c1cccc(-c2ccccc2)c1)c1ccccc1. The van der Waals surface area contributed by atoms with Crippen LogP contribution in [-0.4, -0.2) is 38.5 Å². The van der Waals surface area contributed by atoms with Crippen LogP contribution in [0.2, 0.25) is 0 Å². The number of carbonyl (C=O) groups is 2. The van der Waals surface area contributed by atoms with E-state index in [0.29, 0.717) is 5.56 Å². The standard InChI is InChI=1S/C23H20N2O5S/c26-22-16-30-23(27)25(22)15-21(18-10-5-2-6-11-18)24-31(28,29)20-13-7-12-19(14-20)17-8-3-1-4-9-17/h1-14,21,24H,15-16H2. The second kappa shape index (κ2) is 8.71. The van der Waals surface area contributed by atoms with E-state index >= 15 is 0 Å². The third-order valence-electron chi connectivity index (χ3n) is 4.96. The van der Waals surface area contributed by atoms with E-state index in [1.165, 1.54) is 6.07 Å². The highest BCUT2D eigenvalue weighted by Crippen LogP contribution is 2.24. The molecule has 1 saturated heterocycles. The molecule has 0 saturated carbocycles. The lowest BCUT2D eigenvalue weighted by atomic mass is 10.1. The summed E-state index contributed by atoms with van der Waals surface area (Å²) in [5, 5.41) is 0. The summed E-state index contributed by atoms with van der Waals surface area (Å²) in [5.74, 6) is -0.504. The summed E-state index contributed by atoms with van der Waals surface area (Å²) < 4.78 is 33.8. The maximum atomic E-state index is 13.2. The number of nitrogens with zero attached hydrogens (tertiary/aromatic N) is 1. The average molecular weight is 436 g/mol. The van der Waals surface area contributed by atoms with E-state index in [-0.39, 0.29) is 18.0 Å². The van der Waals surface area contributed by atoms with Crippen molar-refractivity contribution in [3.05, 3.63) is 90.5 Å². The number of benzene rings is 3. The molecule has 1 unspecified atom stereocenters. The molecule has 3 aromatic rings. The van der Waals surface area contributed by atoms with E-state index in [2.05, 4.69) is 4.72 Å². The molecule has 0 aliphatic carbocycles. The van der Waals surface area contributed by atoms with Crippen LogP contribution in [0.15, 0.2) is 89.8 Å². The topological polar surface area (TPSA) is 92.8 Å². The molecule has 1 N–H and O–H groups in total. The van der Waals surface area contributed by atoms with E-state index in [1.807, 2.05) is 36.4 Å². The summed E-state index contributed by atoms with van der Waals surface area (Å²) in [6.07, 6.45) is -0.781. The van der Waals surface area contributed by atoms with Crippen molar-refractivity contribution in [3.63, 3.8) is 0 Å². The van der Waals surface area contributed by atoms with Crippen LogP contribution < -0.4 is 4.72 Å². The lowest BCUT2D eigenvalue weighted by Crippen LogP contribution is -2.40. The number of amides is 2. The number of sulfonamides is 1.